The number of benzene rings is 1. The number of thiazole rings is 1. The molecule has 8 heteroatoms. The maximum Gasteiger partial charge on any atom is 0.242 e. The summed E-state index contributed by atoms with van der Waals surface area (Å²) in [4.78, 5) is 4.42. The Balaban J connectivity index is 2.20. The van der Waals surface area contributed by atoms with E-state index in [9.17, 15) is 8.42 Å². The Morgan fingerprint density at radius 3 is 2.74 bits per heavy atom. The first-order valence-corrected chi connectivity index (χ1v) is 9.19. The molecule has 19 heavy (non-hydrogen) atoms. The van der Waals surface area contributed by atoms with Gasteiger partial charge < -0.3 is 0 Å². The van der Waals surface area contributed by atoms with Crippen LogP contribution < -0.4 is 4.72 Å². The number of aromatic nitrogens is 1. The fourth-order valence-electron chi connectivity index (χ4n) is 1.40. The lowest BCUT2D eigenvalue weighted by molar-refractivity contribution is 0.580. The highest BCUT2D eigenvalue weighted by Crippen LogP contribution is 2.25. The number of nitrogens with one attached hydrogen (secondary N) is 1. The molecule has 0 bridgehead atoms. The molecule has 0 fully saturated rings. The number of hydrogen-bond donors (Lipinski definition) is 1. The molecule has 0 amide bonds. The van der Waals surface area contributed by atoms with Crippen molar-refractivity contribution in [3.05, 3.63) is 43.2 Å². The van der Waals surface area contributed by atoms with Gasteiger partial charge in [-0.2, -0.15) is 0 Å². The highest BCUT2D eigenvalue weighted by Gasteiger charge is 2.18. The first-order chi connectivity index (χ1) is 8.88. The van der Waals surface area contributed by atoms with E-state index in [2.05, 4.69) is 41.6 Å². The minimum absolute atomic E-state index is 0.194. The minimum atomic E-state index is -3.56. The lowest BCUT2D eigenvalue weighted by Crippen LogP contribution is -2.23. The van der Waals surface area contributed by atoms with Gasteiger partial charge in [0.15, 0.2) is 0 Å². The largest absolute Gasteiger partial charge is 0.245 e. The van der Waals surface area contributed by atoms with Crippen LogP contribution in [-0.2, 0) is 16.6 Å². The minimum Gasteiger partial charge on any atom is -0.245 e. The van der Waals surface area contributed by atoms with Crippen LogP contribution in [0, 0.1) is 6.92 Å². The molecule has 0 unspecified atom stereocenters. The molecule has 0 saturated carbocycles. The first kappa shape index (κ1) is 15.1. The van der Waals surface area contributed by atoms with Crippen molar-refractivity contribution in [1.29, 1.82) is 0 Å². The Kier molecular flexibility index (Phi) is 4.78. The molecule has 0 radical (unpaired) electrons. The number of sulfonamides is 1. The molecule has 0 aliphatic carbocycles. The van der Waals surface area contributed by atoms with Gasteiger partial charge in [0.2, 0.25) is 10.0 Å². The Hall–Kier alpha value is -0.280. The van der Waals surface area contributed by atoms with Crippen LogP contribution in [0.3, 0.4) is 0 Å². The van der Waals surface area contributed by atoms with Crippen molar-refractivity contribution in [2.24, 2.45) is 0 Å². The number of hydrogen-bond acceptors (Lipinski definition) is 4. The standard InChI is InChI=1S/C11H10Br2N2O2S2/c1-7-6-18-11(15-7)5-14-19(16,17)10-4-8(12)2-3-9(10)13/h2-4,6,14H,5H2,1H3. The fraction of sp³-hybridized carbons (Fsp3) is 0.182. The van der Waals surface area contributed by atoms with E-state index in [0.717, 1.165) is 10.7 Å². The van der Waals surface area contributed by atoms with E-state index in [1.165, 1.54) is 11.3 Å². The van der Waals surface area contributed by atoms with Gasteiger partial charge in [0.25, 0.3) is 0 Å². The molecule has 1 aromatic carbocycles. The zero-order chi connectivity index (χ0) is 14.0. The SMILES string of the molecule is Cc1csc(CNS(=O)(=O)c2cc(Br)ccc2Br)n1. The molecule has 0 aliphatic heterocycles. The van der Waals surface area contributed by atoms with Gasteiger partial charge in [-0.05, 0) is 41.1 Å². The molecule has 1 N–H and O–H groups in total. The molecule has 0 atom stereocenters. The van der Waals surface area contributed by atoms with Crippen molar-refractivity contribution < 1.29 is 8.42 Å². The van der Waals surface area contributed by atoms with Crippen molar-refractivity contribution in [3.8, 4) is 0 Å². The van der Waals surface area contributed by atoms with Crippen molar-refractivity contribution in [2.45, 2.75) is 18.4 Å². The number of halogens is 2. The van der Waals surface area contributed by atoms with Crippen LogP contribution >= 0.6 is 43.2 Å². The molecule has 2 rings (SSSR count). The topological polar surface area (TPSA) is 59.1 Å². The molecule has 1 aromatic heterocycles. The lowest BCUT2D eigenvalue weighted by Gasteiger charge is -2.07. The predicted molar refractivity (Wildman–Crippen MR) is 82.7 cm³/mol. The summed E-state index contributed by atoms with van der Waals surface area (Å²) >= 11 is 7.94. The first-order valence-electron chi connectivity index (χ1n) is 5.24. The van der Waals surface area contributed by atoms with E-state index >= 15 is 0 Å². The lowest BCUT2D eigenvalue weighted by atomic mass is 10.4. The van der Waals surface area contributed by atoms with Gasteiger partial charge in [-0.25, -0.2) is 18.1 Å². The fourth-order valence-corrected chi connectivity index (χ4v) is 4.69. The second-order valence-electron chi connectivity index (χ2n) is 3.78. The zero-order valence-corrected chi connectivity index (χ0v) is 14.7. The van der Waals surface area contributed by atoms with Gasteiger partial charge in [-0.15, -0.1) is 11.3 Å². The van der Waals surface area contributed by atoms with E-state index in [0.29, 0.717) is 8.95 Å². The molecule has 0 spiro atoms. The van der Waals surface area contributed by atoms with Crippen LogP contribution in [0.4, 0.5) is 0 Å². The molecular weight excluding hydrogens is 416 g/mol. The second kappa shape index (κ2) is 6.01. The molecule has 0 aliphatic rings. The Bertz CT molecular complexity index is 698. The van der Waals surface area contributed by atoms with E-state index in [1.807, 2.05) is 12.3 Å². The molecule has 0 saturated heterocycles. The van der Waals surface area contributed by atoms with Crippen molar-refractivity contribution in [1.82, 2.24) is 9.71 Å². The monoisotopic (exact) mass is 424 g/mol. The molecule has 4 nitrogen and oxygen atoms in total. The maximum absolute atomic E-state index is 12.2. The van der Waals surface area contributed by atoms with Gasteiger partial charge in [-0.1, -0.05) is 15.9 Å². The van der Waals surface area contributed by atoms with Crippen LogP contribution in [0.5, 0.6) is 0 Å². The number of nitrogens with zero attached hydrogens (tertiary/aromatic N) is 1. The third kappa shape index (κ3) is 3.85. The van der Waals surface area contributed by atoms with Gasteiger partial charge in [0.1, 0.15) is 5.01 Å². The van der Waals surface area contributed by atoms with Crippen LogP contribution in [0.1, 0.15) is 10.7 Å². The Labute approximate surface area is 132 Å². The highest BCUT2D eigenvalue weighted by molar-refractivity contribution is 9.11. The van der Waals surface area contributed by atoms with Crippen LogP contribution in [0.15, 0.2) is 37.4 Å². The summed E-state index contributed by atoms with van der Waals surface area (Å²) in [5.74, 6) is 0. The third-order valence-corrected chi connectivity index (χ3v) is 6.12. The van der Waals surface area contributed by atoms with Crippen LogP contribution in [0.2, 0.25) is 0 Å². The quantitative estimate of drug-likeness (QED) is 0.815. The summed E-state index contributed by atoms with van der Waals surface area (Å²) in [7, 11) is -3.56. The van der Waals surface area contributed by atoms with Gasteiger partial charge in [0, 0.05) is 20.0 Å². The molecule has 102 valence electrons. The average Bonchev–Trinajstić information content (AvgIpc) is 2.76. The normalized spacial score (nSPS) is 11.7. The summed E-state index contributed by atoms with van der Waals surface area (Å²) in [5, 5.41) is 2.63. The smallest absolute Gasteiger partial charge is 0.242 e. The van der Waals surface area contributed by atoms with E-state index < -0.39 is 10.0 Å². The molecule has 1 heterocycles. The highest BCUT2D eigenvalue weighted by atomic mass is 79.9. The van der Waals surface area contributed by atoms with E-state index in [4.69, 9.17) is 0 Å². The van der Waals surface area contributed by atoms with Gasteiger partial charge >= 0.3 is 0 Å². The third-order valence-electron chi connectivity index (χ3n) is 2.26. The van der Waals surface area contributed by atoms with Crippen LogP contribution in [-0.4, -0.2) is 13.4 Å². The summed E-state index contributed by atoms with van der Waals surface area (Å²) < 4.78 is 28.2. The zero-order valence-electron chi connectivity index (χ0n) is 9.85. The summed E-state index contributed by atoms with van der Waals surface area (Å²) in [6, 6.07) is 5.01. The number of aryl methyl sites for hydroxylation is 1. The van der Waals surface area contributed by atoms with Crippen molar-refractivity contribution in [2.75, 3.05) is 0 Å². The van der Waals surface area contributed by atoms with Gasteiger partial charge in [-0.3, -0.25) is 0 Å². The number of rotatable bonds is 4. The predicted octanol–water partition coefficient (Wildman–Crippen LogP) is 3.46. The van der Waals surface area contributed by atoms with Gasteiger partial charge in [0.05, 0.1) is 11.4 Å². The van der Waals surface area contributed by atoms with E-state index in [-0.39, 0.29) is 11.4 Å². The summed E-state index contributed by atoms with van der Waals surface area (Å²) in [6.07, 6.45) is 0. The van der Waals surface area contributed by atoms with E-state index in [1.54, 1.807) is 18.2 Å². The summed E-state index contributed by atoms with van der Waals surface area (Å²) in [6.45, 7) is 2.07. The maximum atomic E-state index is 12.2. The molecular formula is C11H10Br2N2O2S2. The summed E-state index contributed by atoms with van der Waals surface area (Å²) in [5.41, 5.74) is 0.892. The van der Waals surface area contributed by atoms with Crippen molar-refractivity contribution >= 4 is 53.2 Å². The average molecular weight is 426 g/mol. The Morgan fingerprint density at radius 2 is 2.11 bits per heavy atom. The molecule has 2 aromatic rings. The van der Waals surface area contributed by atoms with Crippen LogP contribution in [0.25, 0.3) is 0 Å². The van der Waals surface area contributed by atoms with Crippen molar-refractivity contribution in [3.63, 3.8) is 0 Å². The Morgan fingerprint density at radius 1 is 1.37 bits per heavy atom. The second-order valence-corrected chi connectivity index (χ2v) is 8.23.